The van der Waals surface area contributed by atoms with Crippen molar-refractivity contribution in [1.29, 1.82) is 0 Å². The van der Waals surface area contributed by atoms with E-state index in [1.807, 2.05) is 41.0 Å². The summed E-state index contributed by atoms with van der Waals surface area (Å²) < 4.78 is 7.55. The Morgan fingerprint density at radius 2 is 1.85 bits per heavy atom. The first-order valence-electron chi connectivity index (χ1n) is 11.2. The summed E-state index contributed by atoms with van der Waals surface area (Å²) in [5, 5.41) is 10.2. The number of aryl methyl sites for hydroxylation is 1. The Bertz CT molecular complexity index is 1630. The van der Waals surface area contributed by atoms with E-state index in [9.17, 15) is 9.90 Å². The maximum absolute atomic E-state index is 13.7. The van der Waals surface area contributed by atoms with Crippen LogP contribution in [0.1, 0.15) is 34.7 Å². The highest BCUT2D eigenvalue weighted by molar-refractivity contribution is 7.07. The zero-order chi connectivity index (χ0) is 23.2. The molecule has 0 saturated heterocycles. The van der Waals surface area contributed by atoms with Crippen molar-refractivity contribution in [3.63, 3.8) is 0 Å². The first-order valence-corrected chi connectivity index (χ1v) is 12.0. The van der Waals surface area contributed by atoms with E-state index in [0.29, 0.717) is 15.1 Å². The summed E-state index contributed by atoms with van der Waals surface area (Å²) in [6.07, 6.45) is 3.61. The molecule has 2 heterocycles. The van der Waals surface area contributed by atoms with Crippen molar-refractivity contribution in [2.45, 2.75) is 18.9 Å². The van der Waals surface area contributed by atoms with Gasteiger partial charge in [-0.15, -0.1) is 0 Å². The van der Waals surface area contributed by atoms with Gasteiger partial charge in [0, 0.05) is 5.56 Å². The first kappa shape index (κ1) is 20.7. The van der Waals surface area contributed by atoms with Crippen molar-refractivity contribution >= 4 is 23.1 Å². The van der Waals surface area contributed by atoms with Gasteiger partial charge in [-0.05, 0) is 53.3 Å². The number of allylic oxidation sites excluding steroid dienone is 1. The molecule has 1 atom stereocenters. The van der Waals surface area contributed by atoms with Gasteiger partial charge in [-0.1, -0.05) is 72.0 Å². The lowest BCUT2D eigenvalue weighted by Crippen LogP contribution is -2.38. The fourth-order valence-corrected chi connectivity index (χ4v) is 5.91. The summed E-state index contributed by atoms with van der Waals surface area (Å²) in [5.41, 5.74) is 6.37. The number of hydrogen-bond acceptors (Lipinski definition) is 5. The molecule has 0 bridgehead atoms. The number of aromatic nitrogens is 1. The molecular formula is C28H22N2O3S. The molecule has 1 aliphatic heterocycles. The van der Waals surface area contributed by atoms with Gasteiger partial charge in [-0.3, -0.25) is 9.36 Å². The van der Waals surface area contributed by atoms with Crippen molar-refractivity contribution in [3.05, 3.63) is 120 Å². The maximum Gasteiger partial charge on any atom is 0.271 e. The van der Waals surface area contributed by atoms with Crippen LogP contribution in [0, 0.1) is 0 Å². The molecular weight excluding hydrogens is 444 g/mol. The number of fused-ring (bicyclic) bond motifs is 3. The van der Waals surface area contributed by atoms with E-state index in [1.54, 1.807) is 12.1 Å². The van der Waals surface area contributed by atoms with Crippen LogP contribution < -0.4 is 19.6 Å². The van der Waals surface area contributed by atoms with Crippen molar-refractivity contribution in [3.8, 4) is 11.5 Å². The number of methoxy groups -OCH3 is 1. The van der Waals surface area contributed by atoms with Crippen LogP contribution in [-0.4, -0.2) is 16.8 Å². The SMILES string of the molecule is COc1ccc(/C=c2/sc3n(c2=O)[C@@H](c2ccccc2)C2=C(N=3)c3ccccc3CC2)cc1O. The van der Waals surface area contributed by atoms with Crippen LogP contribution in [0.2, 0.25) is 0 Å². The molecule has 6 rings (SSSR count). The average molecular weight is 467 g/mol. The molecule has 34 heavy (non-hydrogen) atoms. The Kier molecular flexibility index (Phi) is 4.96. The third kappa shape index (κ3) is 3.30. The van der Waals surface area contributed by atoms with Gasteiger partial charge in [0.2, 0.25) is 0 Å². The van der Waals surface area contributed by atoms with Gasteiger partial charge < -0.3 is 9.84 Å². The minimum atomic E-state index is -0.188. The molecule has 2 aliphatic rings. The number of phenols is 1. The second kappa shape index (κ2) is 8.15. The topological polar surface area (TPSA) is 63.8 Å². The third-order valence-corrected chi connectivity index (χ3v) is 7.47. The van der Waals surface area contributed by atoms with Crippen molar-refractivity contribution in [2.24, 2.45) is 4.99 Å². The second-order valence-corrected chi connectivity index (χ2v) is 9.46. The van der Waals surface area contributed by atoms with Crippen molar-refractivity contribution < 1.29 is 9.84 Å². The minimum absolute atomic E-state index is 0.0401. The van der Waals surface area contributed by atoms with Crippen LogP contribution in [0.25, 0.3) is 11.8 Å². The van der Waals surface area contributed by atoms with Crippen LogP contribution in [0.5, 0.6) is 11.5 Å². The fourth-order valence-electron chi connectivity index (χ4n) is 4.91. The molecule has 1 aliphatic carbocycles. The maximum atomic E-state index is 13.7. The van der Waals surface area contributed by atoms with Crippen LogP contribution in [0.3, 0.4) is 0 Å². The molecule has 4 aromatic rings. The number of hydrogen-bond donors (Lipinski definition) is 1. The van der Waals surface area contributed by atoms with E-state index in [1.165, 1.54) is 29.6 Å². The zero-order valence-corrected chi connectivity index (χ0v) is 19.4. The molecule has 1 N–H and O–H groups in total. The Labute approximate surface area is 200 Å². The second-order valence-electron chi connectivity index (χ2n) is 8.46. The van der Waals surface area contributed by atoms with Gasteiger partial charge >= 0.3 is 0 Å². The Morgan fingerprint density at radius 1 is 1.06 bits per heavy atom. The normalized spacial score (nSPS) is 17.0. The molecule has 1 aromatic heterocycles. The summed E-state index contributed by atoms with van der Waals surface area (Å²) in [5.74, 6) is 0.437. The van der Waals surface area contributed by atoms with E-state index < -0.39 is 0 Å². The summed E-state index contributed by atoms with van der Waals surface area (Å²) in [4.78, 5) is 19.4. The van der Waals surface area contributed by atoms with E-state index in [0.717, 1.165) is 35.2 Å². The molecule has 0 fully saturated rings. The number of nitrogens with zero attached hydrogens (tertiary/aromatic N) is 2. The van der Waals surface area contributed by atoms with Crippen LogP contribution >= 0.6 is 11.3 Å². The summed E-state index contributed by atoms with van der Waals surface area (Å²) >= 11 is 1.38. The summed E-state index contributed by atoms with van der Waals surface area (Å²) in [7, 11) is 1.51. The molecule has 5 nitrogen and oxygen atoms in total. The number of ether oxygens (including phenoxy) is 1. The highest BCUT2D eigenvalue weighted by Crippen LogP contribution is 2.41. The molecule has 6 heteroatoms. The minimum Gasteiger partial charge on any atom is -0.504 e. The zero-order valence-electron chi connectivity index (χ0n) is 18.6. The van der Waals surface area contributed by atoms with E-state index in [-0.39, 0.29) is 17.4 Å². The van der Waals surface area contributed by atoms with Gasteiger partial charge in [0.15, 0.2) is 16.3 Å². The van der Waals surface area contributed by atoms with Gasteiger partial charge in [0.25, 0.3) is 5.56 Å². The Hall–Kier alpha value is -3.90. The van der Waals surface area contributed by atoms with Crippen LogP contribution in [-0.2, 0) is 6.42 Å². The average Bonchev–Trinajstić information content (AvgIpc) is 3.17. The third-order valence-electron chi connectivity index (χ3n) is 6.49. The predicted octanol–water partition coefficient (Wildman–Crippen LogP) is 4.03. The monoisotopic (exact) mass is 466 g/mol. The number of thiazole rings is 1. The number of benzene rings is 3. The summed E-state index contributed by atoms with van der Waals surface area (Å²) in [6.45, 7) is 0. The van der Waals surface area contributed by atoms with Gasteiger partial charge in [-0.2, -0.15) is 0 Å². The van der Waals surface area contributed by atoms with Crippen LogP contribution in [0.15, 0.2) is 88.2 Å². The van der Waals surface area contributed by atoms with Gasteiger partial charge in [0.05, 0.1) is 23.4 Å². The highest BCUT2D eigenvalue weighted by atomic mass is 32.1. The predicted molar refractivity (Wildman–Crippen MR) is 134 cm³/mol. The highest BCUT2D eigenvalue weighted by Gasteiger charge is 2.32. The van der Waals surface area contributed by atoms with Crippen molar-refractivity contribution in [1.82, 2.24) is 4.57 Å². The largest absolute Gasteiger partial charge is 0.504 e. The van der Waals surface area contributed by atoms with E-state index in [4.69, 9.17) is 9.73 Å². The molecule has 3 aromatic carbocycles. The number of aromatic hydroxyl groups is 1. The first-order chi connectivity index (χ1) is 16.6. The molecule has 0 radical (unpaired) electrons. The Morgan fingerprint density at radius 3 is 2.65 bits per heavy atom. The number of rotatable bonds is 3. The quantitative estimate of drug-likeness (QED) is 0.496. The standard InChI is InChI=1S/C28H22N2O3S/c1-33-23-14-11-17(15-22(23)31)16-24-27(32)30-26(19-8-3-2-4-9-19)21-13-12-18-7-5-6-10-20(18)25(21)29-28(30)34-24/h2-11,14-16,26,31H,12-13H2,1H3/b24-16+/t26-/m0/s1. The lowest BCUT2D eigenvalue weighted by Gasteiger charge is -2.30. The lowest BCUT2D eigenvalue weighted by molar-refractivity contribution is 0.373. The lowest BCUT2D eigenvalue weighted by atomic mass is 9.83. The smallest absolute Gasteiger partial charge is 0.271 e. The molecule has 0 spiro atoms. The molecule has 168 valence electrons. The molecule has 0 unspecified atom stereocenters. The fraction of sp³-hybridized carbons (Fsp3) is 0.143. The number of phenolic OH excluding ortho intramolecular Hbond substituents is 1. The van der Waals surface area contributed by atoms with E-state index >= 15 is 0 Å². The van der Waals surface area contributed by atoms with Gasteiger partial charge in [0.1, 0.15) is 0 Å². The summed E-state index contributed by atoms with van der Waals surface area (Å²) in [6, 6.07) is 23.5. The van der Waals surface area contributed by atoms with Gasteiger partial charge in [-0.25, -0.2) is 4.99 Å². The van der Waals surface area contributed by atoms with E-state index in [2.05, 4.69) is 30.3 Å². The molecule has 0 amide bonds. The van der Waals surface area contributed by atoms with Crippen LogP contribution in [0.4, 0.5) is 0 Å². The van der Waals surface area contributed by atoms with Crippen molar-refractivity contribution in [2.75, 3.05) is 7.11 Å². The Balaban J connectivity index is 1.59. The molecule has 0 saturated carbocycles.